The summed E-state index contributed by atoms with van der Waals surface area (Å²) >= 11 is 0. The average Bonchev–Trinajstić information content (AvgIpc) is 2.69. The van der Waals surface area contributed by atoms with E-state index in [1.165, 1.54) is 18.2 Å². The summed E-state index contributed by atoms with van der Waals surface area (Å²) in [6.45, 7) is 3.90. The molecule has 32 heavy (non-hydrogen) atoms. The second-order valence-electron chi connectivity index (χ2n) is 10.4. The van der Waals surface area contributed by atoms with Crippen LogP contribution in [0.4, 0.5) is 4.39 Å². The van der Waals surface area contributed by atoms with Gasteiger partial charge in [-0.15, -0.1) is 0 Å². The van der Waals surface area contributed by atoms with Crippen molar-refractivity contribution < 1.29 is 43.1 Å². The second kappa shape index (κ2) is 7.14. The molecule has 0 heterocycles. The molecule has 3 fully saturated rings. The zero-order chi connectivity index (χ0) is 23.9. The molecule has 0 bridgehead atoms. The monoisotopic (exact) mass is 472 g/mol. The van der Waals surface area contributed by atoms with Crippen molar-refractivity contribution in [2.24, 2.45) is 28.6 Å². The number of Topliss-reactive ketones (excluding diaryl/α,β-unsaturated/α-hetero) is 1. The Morgan fingerprint density at radius 1 is 1.25 bits per heavy atom. The lowest BCUT2D eigenvalue weighted by Crippen LogP contribution is -2.74. The third-order valence-corrected chi connectivity index (χ3v) is 9.35. The Morgan fingerprint density at radius 2 is 1.91 bits per heavy atom. The first-order valence-corrected chi connectivity index (χ1v) is 12.4. The fourth-order valence-corrected chi connectivity index (χ4v) is 7.42. The lowest BCUT2D eigenvalue weighted by molar-refractivity contribution is -0.254. The van der Waals surface area contributed by atoms with Gasteiger partial charge in [-0.1, -0.05) is 25.5 Å². The SMILES string of the molecule is C[C@@H]1C[C@H]2[C@@H]3CCC4=CC(=O)C=C[C@]4(C)[C@@]3(F)[C@@H](O)C[C@]2(C)[C@](O)(COP(=O)(O)O)C1=O. The van der Waals surface area contributed by atoms with Crippen molar-refractivity contribution in [2.75, 3.05) is 6.61 Å². The normalized spacial score (nSPS) is 48.6. The lowest BCUT2D eigenvalue weighted by Gasteiger charge is -2.66. The summed E-state index contributed by atoms with van der Waals surface area (Å²) in [5.74, 6) is -2.84. The van der Waals surface area contributed by atoms with Crippen molar-refractivity contribution in [1.82, 2.24) is 0 Å². The van der Waals surface area contributed by atoms with Gasteiger partial charge in [-0.2, -0.15) is 0 Å². The Bertz CT molecular complexity index is 973. The van der Waals surface area contributed by atoms with Gasteiger partial charge in [0.05, 0.1) is 12.7 Å². The number of carbonyl (C=O) groups excluding carboxylic acids is 2. The highest BCUT2D eigenvalue weighted by atomic mass is 31.2. The topological polar surface area (TPSA) is 141 Å². The van der Waals surface area contributed by atoms with E-state index in [-0.39, 0.29) is 18.6 Å². The molecule has 4 rings (SSSR count). The fourth-order valence-electron chi connectivity index (χ4n) is 7.06. The van der Waals surface area contributed by atoms with Crippen molar-refractivity contribution in [1.29, 1.82) is 0 Å². The lowest BCUT2D eigenvalue weighted by atomic mass is 9.40. The Balaban J connectivity index is 1.81. The van der Waals surface area contributed by atoms with Crippen molar-refractivity contribution in [3.05, 3.63) is 23.8 Å². The third kappa shape index (κ3) is 3.02. The van der Waals surface area contributed by atoms with Crippen LogP contribution in [0.3, 0.4) is 0 Å². The summed E-state index contributed by atoms with van der Waals surface area (Å²) < 4.78 is 33.0. The number of phosphoric ester groups is 1. The summed E-state index contributed by atoms with van der Waals surface area (Å²) in [7, 11) is -4.99. The fraction of sp³-hybridized carbons (Fsp3) is 0.727. The average molecular weight is 472 g/mol. The molecule has 8 nitrogen and oxygen atoms in total. The number of allylic oxidation sites excluding steroid dienone is 4. The molecular formula is C22H30FO8P. The van der Waals surface area contributed by atoms with Crippen LogP contribution in [-0.4, -0.2) is 55.5 Å². The van der Waals surface area contributed by atoms with E-state index in [0.29, 0.717) is 18.4 Å². The van der Waals surface area contributed by atoms with Crippen molar-refractivity contribution >= 4 is 19.4 Å². The first kappa shape index (κ1) is 23.9. The number of halogens is 1. The van der Waals surface area contributed by atoms with Crippen LogP contribution in [0.1, 0.15) is 46.5 Å². The molecular weight excluding hydrogens is 442 g/mol. The molecule has 0 spiro atoms. The van der Waals surface area contributed by atoms with Crippen LogP contribution in [0, 0.1) is 28.6 Å². The number of aliphatic hydroxyl groups excluding tert-OH is 1. The van der Waals surface area contributed by atoms with E-state index in [2.05, 4.69) is 4.52 Å². The van der Waals surface area contributed by atoms with E-state index in [0.717, 1.165) is 0 Å². The molecule has 4 aliphatic carbocycles. The molecule has 0 aromatic carbocycles. The van der Waals surface area contributed by atoms with Crippen molar-refractivity contribution in [2.45, 2.75) is 63.8 Å². The van der Waals surface area contributed by atoms with E-state index < -0.39 is 66.2 Å². The van der Waals surface area contributed by atoms with Gasteiger partial charge in [-0.05, 0) is 50.7 Å². The van der Waals surface area contributed by atoms with Crippen LogP contribution < -0.4 is 0 Å². The summed E-state index contributed by atoms with van der Waals surface area (Å²) in [4.78, 5) is 43.3. The van der Waals surface area contributed by atoms with Crippen LogP contribution in [0.15, 0.2) is 23.8 Å². The number of hydrogen-bond donors (Lipinski definition) is 4. The molecule has 4 aliphatic rings. The number of aliphatic hydroxyl groups is 2. The Hall–Kier alpha value is -1.22. The smallest absolute Gasteiger partial charge is 0.390 e. The first-order chi connectivity index (χ1) is 14.6. The Morgan fingerprint density at radius 3 is 2.53 bits per heavy atom. The minimum Gasteiger partial charge on any atom is -0.390 e. The zero-order valence-electron chi connectivity index (χ0n) is 18.3. The highest BCUT2D eigenvalue weighted by Gasteiger charge is 2.74. The highest BCUT2D eigenvalue weighted by molar-refractivity contribution is 7.46. The standard InChI is InChI=1S/C22H30FO8P/c1-12-8-16-15-5-4-13-9-14(24)6-7-19(13,2)22(15,23)17(25)10-20(16,3)21(27,18(12)26)11-31-32(28,29)30/h6-7,9,12,15-17,25,27H,4-5,8,10-11H2,1-3H3,(H2,28,29,30)/t12-,15+,16+,17+,19+,20+,21+,22+/m1/s1. The number of alkyl halides is 1. The van der Waals surface area contributed by atoms with Crippen LogP contribution in [0.2, 0.25) is 0 Å². The van der Waals surface area contributed by atoms with Crippen LogP contribution >= 0.6 is 7.82 Å². The molecule has 0 aromatic heterocycles. The first-order valence-electron chi connectivity index (χ1n) is 10.9. The quantitative estimate of drug-likeness (QED) is 0.457. The van der Waals surface area contributed by atoms with Gasteiger partial charge in [0.2, 0.25) is 0 Å². The summed E-state index contributed by atoms with van der Waals surface area (Å²) in [6.07, 6.45) is 3.39. The molecule has 0 amide bonds. The van der Waals surface area contributed by atoms with E-state index in [4.69, 9.17) is 0 Å². The van der Waals surface area contributed by atoms with Crippen LogP contribution in [-0.2, 0) is 18.7 Å². The minimum atomic E-state index is -4.99. The number of carbonyl (C=O) groups is 2. The van der Waals surface area contributed by atoms with E-state index >= 15 is 4.39 Å². The number of hydrogen-bond acceptors (Lipinski definition) is 6. The van der Waals surface area contributed by atoms with Gasteiger partial charge in [-0.3, -0.25) is 14.1 Å². The summed E-state index contributed by atoms with van der Waals surface area (Å²) in [5.41, 5.74) is -6.39. The molecule has 0 aliphatic heterocycles. The van der Waals surface area contributed by atoms with Gasteiger partial charge in [0, 0.05) is 22.7 Å². The Kier molecular flexibility index (Phi) is 5.34. The summed E-state index contributed by atoms with van der Waals surface area (Å²) in [5, 5.41) is 22.7. The number of rotatable bonds is 3. The predicted molar refractivity (Wildman–Crippen MR) is 111 cm³/mol. The predicted octanol–water partition coefficient (Wildman–Crippen LogP) is 2.01. The number of fused-ring (bicyclic) bond motifs is 5. The largest absolute Gasteiger partial charge is 0.469 e. The second-order valence-corrected chi connectivity index (χ2v) is 11.6. The molecule has 178 valence electrons. The molecule has 0 radical (unpaired) electrons. The van der Waals surface area contributed by atoms with Gasteiger partial charge in [-0.25, -0.2) is 8.96 Å². The van der Waals surface area contributed by atoms with Crippen molar-refractivity contribution in [3.63, 3.8) is 0 Å². The van der Waals surface area contributed by atoms with E-state index in [9.17, 15) is 34.2 Å². The van der Waals surface area contributed by atoms with Gasteiger partial charge >= 0.3 is 7.82 Å². The zero-order valence-corrected chi connectivity index (χ0v) is 19.2. The van der Waals surface area contributed by atoms with E-state index in [1.54, 1.807) is 20.8 Å². The molecule has 0 aromatic rings. The van der Waals surface area contributed by atoms with Crippen LogP contribution in [0.5, 0.6) is 0 Å². The molecule has 8 atom stereocenters. The van der Waals surface area contributed by atoms with Gasteiger partial charge < -0.3 is 20.0 Å². The van der Waals surface area contributed by atoms with E-state index in [1.807, 2.05) is 0 Å². The van der Waals surface area contributed by atoms with Gasteiger partial charge in [0.25, 0.3) is 0 Å². The maximum atomic E-state index is 17.1. The maximum Gasteiger partial charge on any atom is 0.469 e. The minimum absolute atomic E-state index is 0.226. The van der Waals surface area contributed by atoms with Gasteiger partial charge in [0.1, 0.15) is 0 Å². The maximum absolute atomic E-state index is 17.1. The number of ketones is 2. The highest BCUT2D eigenvalue weighted by Crippen LogP contribution is 2.68. The molecule has 0 saturated heterocycles. The number of phosphoric acid groups is 1. The van der Waals surface area contributed by atoms with Gasteiger partial charge in [0.15, 0.2) is 22.8 Å². The molecule has 10 heteroatoms. The molecule has 0 unspecified atom stereocenters. The Labute approximate surface area is 185 Å². The summed E-state index contributed by atoms with van der Waals surface area (Å²) in [6, 6.07) is 0. The van der Waals surface area contributed by atoms with Crippen LogP contribution in [0.25, 0.3) is 0 Å². The molecule has 4 N–H and O–H groups in total. The molecule has 3 saturated carbocycles. The van der Waals surface area contributed by atoms with Crippen molar-refractivity contribution in [3.8, 4) is 0 Å². The third-order valence-electron chi connectivity index (χ3n) is 8.88.